The van der Waals surface area contributed by atoms with Crippen molar-refractivity contribution in [2.45, 2.75) is 0 Å². The van der Waals surface area contributed by atoms with E-state index in [1.54, 1.807) is 19.2 Å². The maximum atomic E-state index is 12.8. The minimum absolute atomic E-state index is 0.230. The summed E-state index contributed by atoms with van der Waals surface area (Å²) in [5.74, 6) is 0.768. The van der Waals surface area contributed by atoms with Gasteiger partial charge in [0.2, 0.25) is 5.88 Å². The third-order valence-electron chi connectivity index (χ3n) is 3.77. The van der Waals surface area contributed by atoms with E-state index in [1.807, 2.05) is 24.3 Å². The summed E-state index contributed by atoms with van der Waals surface area (Å²) in [6.07, 6.45) is 0. The van der Waals surface area contributed by atoms with Crippen LogP contribution >= 0.6 is 0 Å². The van der Waals surface area contributed by atoms with Crippen LogP contribution in [0.3, 0.4) is 0 Å². The molecule has 0 spiro atoms. The van der Waals surface area contributed by atoms with Gasteiger partial charge in [-0.25, -0.2) is 9.18 Å². The molecule has 144 valence electrons. The molecule has 0 unspecified atom stereocenters. The second kappa shape index (κ2) is 9.31. The number of methoxy groups -OCH3 is 1. The van der Waals surface area contributed by atoms with Crippen LogP contribution in [0, 0.1) is 5.82 Å². The van der Waals surface area contributed by atoms with Crippen LogP contribution in [-0.2, 0) is 0 Å². The Kier molecular flexibility index (Phi) is 6.35. The Labute approximate surface area is 161 Å². The average molecular weight is 382 g/mol. The van der Waals surface area contributed by atoms with Crippen LogP contribution in [0.4, 0.5) is 14.9 Å². The molecule has 0 saturated carbocycles. The second-order valence-electron chi connectivity index (χ2n) is 5.72. The normalized spacial score (nSPS) is 10.2. The molecule has 28 heavy (non-hydrogen) atoms. The first kappa shape index (κ1) is 19.1. The highest BCUT2D eigenvalue weighted by Crippen LogP contribution is 2.20. The van der Waals surface area contributed by atoms with Gasteiger partial charge in [0.1, 0.15) is 18.2 Å². The summed E-state index contributed by atoms with van der Waals surface area (Å²) in [6, 6.07) is 16.1. The van der Waals surface area contributed by atoms with Crippen molar-refractivity contribution in [1.82, 2.24) is 15.5 Å². The number of urea groups is 1. The topological polar surface area (TPSA) is 85.4 Å². The Morgan fingerprint density at radius 2 is 1.75 bits per heavy atom. The van der Waals surface area contributed by atoms with E-state index in [0.29, 0.717) is 17.3 Å². The Balaban J connectivity index is 1.42. The highest BCUT2D eigenvalue weighted by molar-refractivity contribution is 5.89. The molecule has 3 rings (SSSR count). The van der Waals surface area contributed by atoms with Crippen molar-refractivity contribution in [1.29, 1.82) is 0 Å². The fourth-order valence-corrected chi connectivity index (χ4v) is 2.34. The number of hydrogen-bond donors (Lipinski definition) is 2. The van der Waals surface area contributed by atoms with Crippen LogP contribution in [0.15, 0.2) is 60.7 Å². The smallest absolute Gasteiger partial charge is 0.319 e. The summed E-state index contributed by atoms with van der Waals surface area (Å²) < 4.78 is 23.4. The van der Waals surface area contributed by atoms with Gasteiger partial charge >= 0.3 is 6.03 Å². The van der Waals surface area contributed by atoms with E-state index in [1.165, 1.54) is 24.3 Å². The molecule has 2 N–H and O–H groups in total. The Morgan fingerprint density at radius 3 is 2.39 bits per heavy atom. The van der Waals surface area contributed by atoms with Gasteiger partial charge in [-0.05, 0) is 54.6 Å². The zero-order chi connectivity index (χ0) is 19.8. The molecule has 8 heteroatoms. The Hall–Kier alpha value is -3.68. The summed E-state index contributed by atoms with van der Waals surface area (Å²) in [6.45, 7) is 0.502. The Morgan fingerprint density at radius 1 is 1.00 bits per heavy atom. The lowest BCUT2D eigenvalue weighted by molar-refractivity contribution is 0.246. The van der Waals surface area contributed by atoms with Crippen molar-refractivity contribution in [3.05, 3.63) is 66.5 Å². The zero-order valence-electron chi connectivity index (χ0n) is 15.2. The van der Waals surface area contributed by atoms with E-state index in [4.69, 9.17) is 9.47 Å². The molecule has 2 aromatic carbocycles. The van der Waals surface area contributed by atoms with Crippen LogP contribution in [0.2, 0.25) is 0 Å². The van der Waals surface area contributed by atoms with Gasteiger partial charge in [-0.2, -0.15) is 0 Å². The SMILES string of the molecule is COc1ccc(-c2ccc(OCCNC(=O)Nc3ccc(F)cc3)nn2)cc1. The monoisotopic (exact) mass is 382 g/mol. The highest BCUT2D eigenvalue weighted by atomic mass is 19.1. The van der Waals surface area contributed by atoms with E-state index in [2.05, 4.69) is 20.8 Å². The summed E-state index contributed by atoms with van der Waals surface area (Å²) in [5.41, 5.74) is 2.13. The number of nitrogens with one attached hydrogen (secondary N) is 2. The first-order valence-electron chi connectivity index (χ1n) is 8.55. The largest absolute Gasteiger partial charge is 0.497 e. The number of nitrogens with zero attached hydrogens (tertiary/aromatic N) is 2. The number of hydrogen-bond acceptors (Lipinski definition) is 5. The van der Waals surface area contributed by atoms with Crippen molar-refractivity contribution < 1.29 is 18.7 Å². The molecule has 0 aliphatic carbocycles. The molecule has 0 aliphatic rings. The number of amides is 2. The minimum Gasteiger partial charge on any atom is -0.497 e. The van der Waals surface area contributed by atoms with Gasteiger partial charge in [0, 0.05) is 17.3 Å². The molecular formula is C20H19FN4O3. The zero-order valence-corrected chi connectivity index (χ0v) is 15.2. The number of anilines is 1. The average Bonchev–Trinajstić information content (AvgIpc) is 2.73. The summed E-state index contributed by atoms with van der Waals surface area (Å²) in [7, 11) is 1.61. The second-order valence-corrected chi connectivity index (χ2v) is 5.72. The van der Waals surface area contributed by atoms with E-state index in [9.17, 15) is 9.18 Å². The van der Waals surface area contributed by atoms with Gasteiger partial charge in [-0.1, -0.05) is 0 Å². The van der Waals surface area contributed by atoms with Crippen molar-refractivity contribution in [2.24, 2.45) is 0 Å². The standard InChI is InChI=1S/C20H19FN4O3/c1-27-17-8-2-14(3-9-17)18-10-11-19(25-24-18)28-13-12-22-20(26)23-16-6-4-15(21)5-7-16/h2-11H,12-13H2,1H3,(H2,22,23,26). The summed E-state index contributed by atoms with van der Waals surface area (Å²) >= 11 is 0. The van der Waals surface area contributed by atoms with E-state index < -0.39 is 6.03 Å². The molecule has 0 atom stereocenters. The number of ether oxygens (including phenoxy) is 2. The lowest BCUT2D eigenvalue weighted by Gasteiger charge is -2.09. The Bertz CT molecular complexity index is 900. The quantitative estimate of drug-likeness (QED) is 0.611. The maximum absolute atomic E-state index is 12.8. The third kappa shape index (κ3) is 5.41. The molecule has 0 fully saturated rings. The third-order valence-corrected chi connectivity index (χ3v) is 3.77. The molecule has 0 radical (unpaired) electrons. The van der Waals surface area contributed by atoms with Crippen molar-refractivity contribution in [3.63, 3.8) is 0 Å². The highest BCUT2D eigenvalue weighted by Gasteiger charge is 2.04. The fraction of sp³-hybridized carbons (Fsp3) is 0.150. The lowest BCUT2D eigenvalue weighted by Crippen LogP contribution is -2.32. The number of rotatable bonds is 7. The lowest BCUT2D eigenvalue weighted by atomic mass is 10.1. The van der Waals surface area contributed by atoms with Gasteiger partial charge in [-0.3, -0.25) is 0 Å². The fourth-order valence-electron chi connectivity index (χ4n) is 2.34. The minimum atomic E-state index is -0.406. The number of carbonyl (C=O) groups excluding carboxylic acids is 1. The van der Waals surface area contributed by atoms with E-state index in [-0.39, 0.29) is 19.0 Å². The van der Waals surface area contributed by atoms with Gasteiger partial charge in [0.15, 0.2) is 0 Å². The van der Waals surface area contributed by atoms with Gasteiger partial charge in [0.05, 0.1) is 19.3 Å². The summed E-state index contributed by atoms with van der Waals surface area (Å²) in [4.78, 5) is 11.7. The predicted octanol–water partition coefficient (Wildman–Crippen LogP) is 3.49. The van der Waals surface area contributed by atoms with Gasteiger partial charge in [0.25, 0.3) is 0 Å². The van der Waals surface area contributed by atoms with Crippen LogP contribution in [0.25, 0.3) is 11.3 Å². The van der Waals surface area contributed by atoms with Crippen LogP contribution in [0.5, 0.6) is 11.6 Å². The van der Waals surface area contributed by atoms with Gasteiger partial charge < -0.3 is 20.1 Å². The first-order chi connectivity index (χ1) is 13.6. The number of halogens is 1. The molecule has 0 saturated heterocycles. The van der Waals surface area contributed by atoms with Crippen molar-refractivity contribution in [2.75, 3.05) is 25.6 Å². The predicted molar refractivity (Wildman–Crippen MR) is 103 cm³/mol. The molecule has 1 heterocycles. The number of benzene rings is 2. The molecule has 3 aromatic rings. The molecule has 0 aliphatic heterocycles. The maximum Gasteiger partial charge on any atom is 0.319 e. The van der Waals surface area contributed by atoms with E-state index in [0.717, 1.165) is 11.3 Å². The van der Waals surface area contributed by atoms with Gasteiger partial charge in [-0.15, -0.1) is 10.2 Å². The number of carbonyl (C=O) groups is 1. The molecule has 7 nitrogen and oxygen atoms in total. The number of aromatic nitrogens is 2. The molecule has 2 amide bonds. The summed E-state index contributed by atoms with van der Waals surface area (Å²) in [5, 5.41) is 13.4. The molecular weight excluding hydrogens is 363 g/mol. The van der Waals surface area contributed by atoms with E-state index >= 15 is 0 Å². The van der Waals surface area contributed by atoms with Crippen LogP contribution < -0.4 is 20.1 Å². The van der Waals surface area contributed by atoms with Crippen LogP contribution in [0.1, 0.15) is 0 Å². The molecule has 0 bridgehead atoms. The van der Waals surface area contributed by atoms with Crippen LogP contribution in [-0.4, -0.2) is 36.5 Å². The van der Waals surface area contributed by atoms with Crippen molar-refractivity contribution in [3.8, 4) is 22.9 Å². The first-order valence-corrected chi connectivity index (χ1v) is 8.55. The van der Waals surface area contributed by atoms with Crippen molar-refractivity contribution >= 4 is 11.7 Å². The molecule has 1 aromatic heterocycles.